The summed E-state index contributed by atoms with van der Waals surface area (Å²) in [7, 11) is -3.19. The highest BCUT2D eigenvalue weighted by molar-refractivity contribution is 7.97. The lowest BCUT2D eigenvalue weighted by Gasteiger charge is -2.10. The van der Waals surface area contributed by atoms with E-state index in [9.17, 15) is 8.42 Å². The Morgan fingerprint density at radius 1 is 1.19 bits per heavy atom. The van der Waals surface area contributed by atoms with Crippen LogP contribution in [-0.4, -0.2) is 20.9 Å². The average molecular weight is 325 g/mol. The first-order valence-corrected chi connectivity index (χ1v) is 9.80. The van der Waals surface area contributed by atoms with Crippen molar-refractivity contribution in [1.29, 1.82) is 0 Å². The molecule has 2 rings (SSSR count). The van der Waals surface area contributed by atoms with Gasteiger partial charge in [0.05, 0.1) is 17.2 Å². The van der Waals surface area contributed by atoms with Crippen LogP contribution in [0, 0.1) is 6.92 Å². The second-order valence-electron chi connectivity index (χ2n) is 4.90. The van der Waals surface area contributed by atoms with Gasteiger partial charge in [-0.2, -0.15) is 11.8 Å². The Kier molecular flexibility index (Phi) is 5.00. The Balaban J connectivity index is 2.12. The first-order chi connectivity index (χ1) is 9.90. The second-order valence-corrected chi connectivity index (χ2v) is 7.79. The van der Waals surface area contributed by atoms with Gasteiger partial charge in [0, 0.05) is 11.9 Å². The molecule has 0 amide bonds. The summed E-state index contributed by atoms with van der Waals surface area (Å²) in [5.74, 6) is 2.63. The second kappa shape index (κ2) is 6.58. The molecule has 114 valence electrons. The Morgan fingerprint density at radius 2 is 1.90 bits per heavy atom. The number of hydrogen-bond donors (Lipinski definition) is 1. The predicted molar refractivity (Wildman–Crippen MR) is 87.5 cm³/mol. The van der Waals surface area contributed by atoms with Gasteiger partial charge in [0.2, 0.25) is 0 Å². The van der Waals surface area contributed by atoms with Crippen molar-refractivity contribution in [3.63, 3.8) is 0 Å². The number of aryl methyl sites for hydroxylation is 1. The molecule has 0 aliphatic rings. The minimum Gasteiger partial charge on any atom is -0.463 e. The molecule has 2 aromatic rings. The van der Waals surface area contributed by atoms with E-state index >= 15 is 0 Å². The number of hydrogen-bond acceptors (Lipinski definition) is 5. The van der Waals surface area contributed by atoms with Crippen LogP contribution in [0.4, 0.5) is 5.69 Å². The fraction of sp³-hybridized carbons (Fsp3) is 0.333. The molecule has 1 heterocycles. The quantitative estimate of drug-likeness (QED) is 0.881. The van der Waals surface area contributed by atoms with Crippen molar-refractivity contribution in [2.75, 3.05) is 17.8 Å². The standard InChI is InChI=1S/C15H19NO3S2/c1-11-4-7-14(21(3,17)18)8-15(11)16-9-12-5-6-13(19-12)10-20-2/h4-8,16H,9-10H2,1-3H3. The third kappa shape index (κ3) is 4.28. The fourth-order valence-electron chi connectivity index (χ4n) is 1.94. The summed E-state index contributed by atoms with van der Waals surface area (Å²) in [5, 5.41) is 3.23. The van der Waals surface area contributed by atoms with Gasteiger partial charge in [0.1, 0.15) is 11.5 Å². The summed E-state index contributed by atoms with van der Waals surface area (Å²) in [4.78, 5) is 0.318. The Bertz CT molecular complexity index is 720. The van der Waals surface area contributed by atoms with Crippen LogP contribution in [-0.2, 0) is 22.1 Å². The third-order valence-corrected chi connectivity index (χ3v) is 4.78. The Hall–Kier alpha value is -1.40. The molecule has 0 aliphatic carbocycles. The molecule has 1 aromatic carbocycles. The molecule has 6 heteroatoms. The first kappa shape index (κ1) is 16.0. The van der Waals surface area contributed by atoms with Crippen molar-refractivity contribution < 1.29 is 12.8 Å². The smallest absolute Gasteiger partial charge is 0.175 e. The van der Waals surface area contributed by atoms with E-state index in [0.29, 0.717) is 11.4 Å². The molecule has 0 saturated heterocycles. The van der Waals surface area contributed by atoms with Crippen LogP contribution in [0.1, 0.15) is 17.1 Å². The van der Waals surface area contributed by atoms with E-state index in [0.717, 1.165) is 28.5 Å². The number of sulfone groups is 1. The molecule has 0 bridgehead atoms. The summed E-state index contributed by atoms with van der Waals surface area (Å²) in [5.41, 5.74) is 1.80. The lowest BCUT2D eigenvalue weighted by Crippen LogP contribution is -2.03. The Labute approximate surface area is 129 Å². The topological polar surface area (TPSA) is 59.3 Å². The lowest BCUT2D eigenvalue weighted by molar-refractivity contribution is 0.487. The maximum absolute atomic E-state index is 11.6. The van der Waals surface area contributed by atoms with E-state index in [4.69, 9.17) is 4.42 Å². The van der Waals surface area contributed by atoms with Crippen molar-refractivity contribution in [2.45, 2.75) is 24.1 Å². The molecule has 0 fully saturated rings. The van der Waals surface area contributed by atoms with Crippen molar-refractivity contribution in [3.8, 4) is 0 Å². The van der Waals surface area contributed by atoms with Gasteiger partial charge < -0.3 is 9.73 Å². The summed E-state index contributed by atoms with van der Waals surface area (Å²) in [6.45, 7) is 2.47. The van der Waals surface area contributed by atoms with Crippen LogP contribution in [0.15, 0.2) is 39.6 Å². The van der Waals surface area contributed by atoms with E-state index < -0.39 is 9.84 Å². The van der Waals surface area contributed by atoms with Crippen LogP contribution in [0.25, 0.3) is 0 Å². The van der Waals surface area contributed by atoms with Gasteiger partial charge in [0.25, 0.3) is 0 Å². The molecule has 0 atom stereocenters. The Morgan fingerprint density at radius 3 is 2.57 bits per heavy atom. The zero-order valence-corrected chi connectivity index (χ0v) is 14.0. The van der Waals surface area contributed by atoms with Gasteiger partial charge in [-0.3, -0.25) is 0 Å². The van der Waals surface area contributed by atoms with Crippen LogP contribution in [0.3, 0.4) is 0 Å². The predicted octanol–water partition coefficient (Wildman–Crippen LogP) is 3.47. The molecule has 0 saturated carbocycles. The minimum absolute atomic E-state index is 0.318. The largest absolute Gasteiger partial charge is 0.463 e. The van der Waals surface area contributed by atoms with Gasteiger partial charge >= 0.3 is 0 Å². The van der Waals surface area contributed by atoms with Gasteiger partial charge in [-0.25, -0.2) is 8.42 Å². The third-order valence-electron chi connectivity index (χ3n) is 3.09. The van der Waals surface area contributed by atoms with Crippen molar-refractivity contribution in [2.24, 2.45) is 0 Å². The van der Waals surface area contributed by atoms with Gasteiger partial charge in [-0.1, -0.05) is 6.07 Å². The number of benzene rings is 1. The van der Waals surface area contributed by atoms with Gasteiger partial charge in [0.15, 0.2) is 9.84 Å². The number of nitrogens with one attached hydrogen (secondary N) is 1. The molecule has 0 aliphatic heterocycles. The highest BCUT2D eigenvalue weighted by Gasteiger charge is 2.10. The molecule has 0 spiro atoms. The summed E-state index contributed by atoms with van der Waals surface area (Å²) >= 11 is 1.71. The van der Waals surface area contributed by atoms with E-state index in [1.807, 2.05) is 25.3 Å². The summed E-state index contributed by atoms with van der Waals surface area (Å²) in [6.07, 6.45) is 3.24. The van der Waals surface area contributed by atoms with Crippen LogP contribution in [0.5, 0.6) is 0 Å². The maximum atomic E-state index is 11.6. The van der Waals surface area contributed by atoms with Crippen LogP contribution in [0.2, 0.25) is 0 Å². The highest BCUT2D eigenvalue weighted by atomic mass is 32.2. The normalized spacial score (nSPS) is 11.6. The molecule has 0 unspecified atom stereocenters. The van der Waals surface area contributed by atoms with Gasteiger partial charge in [-0.15, -0.1) is 0 Å². The molecule has 4 nitrogen and oxygen atoms in total. The fourth-order valence-corrected chi connectivity index (χ4v) is 3.03. The van der Waals surface area contributed by atoms with Crippen LogP contribution < -0.4 is 5.32 Å². The lowest BCUT2D eigenvalue weighted by atomic mass is 10.2. The SMILES string of the molecule is CSCc1ccc(CNc2cc(S(C)(=O)=O)ccc2C)o1. The highest BCUT2D eigenvalue weighted by Crippen LogP contribution is 2.21. The number of furan rings is 1. The number of rotatable bonds is 6. The molecule has 1 aromatic heterocycles. The molecule has 1 N–H and O–H groups in total. The van der Waals surface area contributed by atoms with E-state index in [-0.39, 0.29) is 0 Å². The van der Waals surface area contributed by atoms with Crippen molar-refractivity contribution >= 4 is 27.3 Å². The van der Waals surface area contributed by atoms with Crippen molar-refractivity contribution in [3.05, 3.63) is 47.4 Å². The zero-order chi connectivity index (χ0) is 15.5. The van der Waals surface area contributed by atoms with Crippen LogP contribution >= 0.6 is 11.8 Å². The molecular formula is C15H19NO3S2. The summed E-state index contributed by atoms with van der Waals surface area (Å²) < 4.78 is 28.9. The average Bonchev–Trinajstić information content (AvgIpc) is 2.84. The minimum atomic E-state index is -3.19. The molecule has 0 radical (unpaired) electrons. The summed E-state index contributed by atoms with van der Waals surface area (Å²) in [6, 6.07) is 9.00. The maximum Gasteiger partial charge on any atom is 0.175 e. The van der Waals surface area contributed by atoms with E-state index in [2.05, 4.69) is 5.32 Å². The monoisotopic (exact) mass is 325 g/mol. The van der Waals surface area contributed by atoms with E-state index in [1.54, 1.807) is 30.0 Å². The van der Waals surface area contributed by atoms with Gasteiger partial charge in [-0.05, 0) is 43.0 Å². The molecule has 21 heavy (non-hydrogen) atoms. The molecular weight excluding hydrogens is 306 g/mol. The van der Waals surface area contributed by atoms with E-state index in [1.165, 1.54) is 6.26 Å². The first-order valence-electron chi connectivity index (χ1n) is 6.51. The number of thioether (sulfide) groups is 1. The number of anilines is 1. The van der Waals surface area contributed by atoms with Crippen molar-refractivity contribution in [1.82, 2.24) is 0 Å². The zero-order valence-electron chi connectivity index (χ0n) is 12.3.